The Balaban J connectivity index is 2.70. The summed E-state index contributed by atoms with van der Waals surface area (Å²) in [7, 11) is 1.72. The number of carbonyl (C=O) groups is 2. The van der Waals surface area contributed by atoms with Gasteiger partial charge in [-0.05, 0) is 20.3 Å². The maximum Gasteiger partial charge on any atom is 0.292 e. The summed E-state index contributed by atoms with van der Waals surface area (Å²) in [6.07, 6.45) is 0.809. The number of aromatic nitrogens is 2. The minimum atomic E-state index is -0.700. The van der Waals surface area contributed by atoms with Crippen LogP contribution >= 0.6 is 0 Å². The molecule has 1 unspecified atom stereocenters. The van der Waals surface area contributed by atoms with E-state index < -0.39 is 17.8 Å². The molecule has 0 aliphatic rings. The molecule has 6 heteroatoms. The van der Waals surface area contributed by atoms with Crippen LogP contribution in [0.1, 0.15) is 41.5 Å². The number of Topliss-reactive ketones (excluding diaryl/α,β-unsaturated/α-hetero) is 1. The summed E-state index contributed by atoms with van der Waals surface area (Å²) in [5.74, 6) is -1.30. The molecular weight excluding hydrogens is 246 g/mol. The van der Waals surface area contributed by atoms with Crippen molar-refractivity contribution < 1.29 is 14.7 Å². The normalized spacial score (nSPS) is 12.3. The van der Waals surface area contributed by atoms with Crippen LogP contribution < -0.4 is 5.32 Å². The lowest BCUT2D eigenvalue weighted by molar-refractivity contribution is -0.117. The van der Waals surface area contributed by atoms with E-state index in [-0.39, 0.29) is 6.54 Å². The number of hydrogen-bond donors (Lipinski definition) is 2. The Hall–Kier alpha value is -1.69. The minimum Gasteiger partial charge on any atom is -0.391 e. The van der Waals surface area contributed by atoms with Crippen molar-refractivity contribution in [1.29, 1.82) is 0 Å². The molecule has 106 valence electrons. The number of aliphatic hydroxyl groups is 1. The summed E-state index contributed by atoms with van der Waals surface area (Å²) < 4.78 is 1.57. The third kappa shape index (κ3) is 3.64. The Morgan fingerprint density at radius 1 is 1.42 bits per heavy atom. The second kappa shape index (κ2) is 6.47. The van der Waals surface area contributed by atoms with Crippen molar-refractivity contribution in [3.63, 3.8) is 0 Å². The number of nitrogens with zero attached hydrogens (tertiary/aromatic N) is 2. The summed E-state index contributed by atoms with van der Waals surface area (Å²) in [5, 5.41) is 16.1. The molecule has 0 bridgehead atoms. The number of aliphatic hydroxyl groups excluding tert-OH is 1. The molecule has 1 aromatic rings. The average Bonchev–Trinajstić information content (AvgIpc) is 2.60. The number of rotatable bonds is 6. The van der Waals surface area contributed by atoms with Gasteiger partial charge in [-0.25, -0.2) is 0 Å². The largest absolute Gasteiger partial charge is 0.391 e. The van der Waals surface area contributed by atoms with Crippen LogP contribution in [-0.4, -0.2) is 39.2 Å². The van der Waals surface area contributed by atoms with E-state index in [4.69, 9.17) is 0 Å². The lowest BCUT2D eigenvalue weighted by atomic mass is 10.1. The fourth-order valence-corrected chi connectivity index (χ4v) is 1.94. The van der Waals surface area contributed by atoms with E-state index in [9.17, 15) is 14.7 Å². The van der Waals surface area contributed by atoms with E-state index in [1.54, 1.807) is 25.6 Å². The van der Waals surface area contributed by atoms with Crippen molar-refractivity contribution in [2.45, 2.75) is 39.7 Å². The number of hydrogen-bond acceptors (Lipinski definition) is 4. The summed E-state index contributed by atoms with van der Waals surface area (Å²) >= 11 is 0. The van der Waals surface area contributed by atoms with Gasteiger partial charge in [0.05, 0.1) is 17.4 Å². The predicted octanol–water partition coefficient (Wildman–Crippen LogP) is 0.497. The Morgan fingerprint density at radius 3 is 2.53 bits per heavy atom. The average molecular weight is 267 g/mol. The molecule has 1 rings (SSSR count). The lowest BCUT2D eigenvalue weighted by Gasteiger charge is -2.10. The molecule has 1 heterocycles. The predicted molar refractivity (Wildman–Crippen MR) is 70.9 cm³/mol. The van der Waals surface area contributed by atoms with Crippen molar-refractivity contribution in [3.8, 4) is 0 Å². The molecule has 19 heavy (non-hydrogen) atoms. The summed E-state index contributed by atoms with van der Waals surface area (Å²) in [5.41, 5.74) is 1.53. The number of amides is 1. The van der Waals surface area contributed by atoms with E-state index in [1.165, 1.54) is 0 Å². The highest BCUT2D eigenvalue weighted by Crippen LogP contribution is 2.12. The molecule has 0 aliphatic carbocycles. The van der Waals surface area contributed by atoms with E-state index >= 15 is 0 Å². The van der Waals surface area contributed by atoms with Crippen LogP contribution in [0.4, 0.5) is 0 Å². The van der Waals surface area contributed by atoms with Crippen molar-refractivity contribution in [2.24, 2.45) is 7.05 Å². The molecule has 6 nitrogen and oxygen atoms in total. The molecule has 1 aromatic heterocycles. The number of aryl methyl sites for hydroxylation is 2. The lowest BCUT2D eigenvalue weighted by Crippen LogP contribution is -2.37. The minimum absolute atomic E-state index is 0.0940. The van der Waals surface area contributed by atoms with Gasteiger partial charge in [0.2, 0.25) is 0 Å². The molecule has 0 radical (unpaired) electrons. The van der Waals surface area contributed by atoms with Crippen molar-refractivity contribution >= 4 is 11.7 Å². The molecule has 0 fully saturated rings. The third-order valence-electron chi connectivity index (χ3n) is 3.06. The molecule has 0 saturated heterocycles. The first kappa shape index (κ1) is 15.4. The quantitative estimate of drug-likeness (QED) is 0.580. The topological polar surface area (TPSA) is 84.2 Å². The van der Waals surface area contributed by atoms with Crippen molar-refractivity contribution in [1.82, 2.24) is 15.1 Å². The first-order valence-electron chi connectivity index (χ1n) is 6.39. The summed E-state index contributed by atoms with van der Waals surface area (Å²) in [6, 6.07) is 0. The summed E-state index contributed by atoms with van der Waals surface area (Å²) in [4.78, 5) is 23.8. The van der Waals surface area contributed by atoms with Gasteiger partial charge in [-0.15, -0.1) is 0 Å². The van der Waals surface area contributed by atoms with Gasteiger partial charge in [0.25, 0.3) is 11.7 Å². The maximum atomic E-state index is 12.0. The maximum absolute atomic E-state index is 12.0. The molecule has 2 N–H and O–H groups in total. The first-order valence-corrected chi connectivity index (χ1v) is 6.39. The van der Waals surface area contributed by atoms with Crippen LogP contribution in [0.3, 0.4) is 0 Å². The van der Waals surface area contributed by atoms with Crippen molar-refractivity contribution in [3.05, 3.63) is 17.0 Å². The number of nitrogens with one attached hydrogen (secondary N) is 1. The zero-order valence-electron chi connectivity index (χ0n) is 11.9. The van der Waals surface area contributed by atoms with Gasteiger partial charge in [-0.3, -0.25) is 14.3 Å². The number of carbonyl (C=O) groups excluding carboxylic acids is 2. The van der Waals surface area contributed by atoms with Crippen LogP contribution in [0.15, 0.2) is 0 Å². The molecule has 1 atom stereocenters. The van der Waals surface area contributed by atoms with Gasteiger partial charge in [-0.2, -0.15) is 5.10 Å². The van der Waals surface area contributed by atoms with Gasteiger partial charge in [0.1, 0.15) is 0 Å². The second-order valence-electron chi connectivity index (χ2n) is 4.65. The van der Waals surface area contributed by atoms with Gasteiger partial charge in [0, 0.05) is 19.3 Å². The molecule has 0 aromatic carbocycles. The molecule has 1 amide bonds. The number of ketones is 1. The Kier molecular flexibility index (Phi) is 5.23. The summed E-state index contributed by atoms with van der Waals surface area (Å²) in [6.45, 7) is 5.47. The van der Waals surface area contributed by atoms with Crippen LogP contribution in [0, 0.1) is 13.8 Å². The van der Waals surface area contributed by atoms with Crippen LogP contribution in [0.2, 0.25) is 0 Å². The molecule has 0 aliphatic heterocycles. The van der Waals surface area contributed by atoms with E-state index in [2.05, 4.69) is 10.4 Å². The monoisotopic (exact) mass is 267 g/mol. The van der Waals surface area contributed by atoms with Crippen molar-refractivity contribution in [2.75, 3.05) is 6.54 Å². The van der Waals surface area contributed by atoms with Gasteiger partial charge >= 0.3 is 0 Å². The van der Waals surface area contributed by atoms with E-state index in [1.807, 2.05) is 6.92 Å². The zero-order valence-corrected chi connectivity index (χ0v) is 11.9. The molecular formula is C13H21N3O3. The van der Waals surface area contributed by atoms with Crippen LogP contribution in [0.25, 0.3) is 0 Å². The molecule has 0 saturated carbocycles. The second-order valence-corrected chi connectivity index (χ2v) is 4.65. The highest BCUT2D eigenvalue weighted by atomic mass is 16.3. The van der Waals surface area contributed by atoms with Crippen LogP contribution in [-0.2, 0) is 11.8 Å². The highest BCUT2D eigenvalue weighted by Gasteiger charge is 2.23. The van der Waals surface area contributed by atoms with Gasteiger partial charge in [-0.1, -0.05) is 13.3 Å². The molecule has 0 spiro atoms. The van der Waals surface area contributed by atoms with Gasteiger partial charge < -0.3 is 10.4 Å². The Bertz CT molecular complexity index is 480. The third-order valence-corrected chi connectivity index (χ3v) is 3.06. The Labute approximate surface area is 112 Å². The Morgan fingerprint density at radius 2 is 2.05 bits per heavy atom. The fraction of sp³-hybridized carbons (Fsp3) is 0.615. The fourth-order valence-electron chi connectivity index (χ4n) is 1.94. The standard InChI is InChI=1S/C13H21N3O3/c1-5-6-10(17)7-14-13(19)12(18)11-8(2)15-16(4)9(11)3/h10,17H,5-7H2,1-4H3,(H,14,19). The van der Waals surface area contributed by atoms with Gasteiger partial charge in [0.15, 0.2) is 0 Å². The smallest absolute Gasteiger partial charge is 0.292 e. The SMILES string of the molecule is CCCC(O)CNC(=O)C(=O)c1c(C)nn(C)c1C. The van der Waals surface area contributed by atoms with Crippen LogP contribution in [0.5, 0.6) is 0 Å². The van der Waals surface area contributed by atoms with E-state index in [0.717, 1.165) is 6.42 Å². The highest BCUT2D eigenvalue weighted by molar-refractivity contribution is 6.43. The zero-order chi connectivity index (χ0) is 14.6. The van der Waals surface area contributed by atoms with E-state index in [0.29, 0.717) is 23.4 Å². The first-order chi connectivity index (χ1) is 8.88.